The molecule has 2 fully saturated rings. The molecule has 0 spiro atoms. The maximum absolute atomic E-state index is 13.9. The van der Waals surface area contributed by atoms with E-state index in [1.807, 2.05) is 51.9 Å². The van der Waals surface area contributed by atoms with E-state index in [1.165, 1.54) is 21.3 Å². The first-order chi connectivity index (χ1) is 23.9. The minimum Gasteiger partial charge on any atom is -0.493 e. The molecule has 3 aliphatic heterocycles. The van der Waals surface area contributed by atoms with Crippen LogP contribution in [0, 0.1) is 5.92 Å². The number of aromatic nitrogens is 1. The average Bonchev–Trinajstić information content (AvgIpc) is 3.14. The Kier molecular flexibility index (Phi) is 8.90. The molecule has 1 N–H and O–H groups in total. The normalized spacial score (nSPS) is 18.4. The second kappa shape index (κ2) is 13.6. The summed E-state index contributed by atoms with van der Waals surface area (Å²) in [6, 6.07) is 24.5. The number of benzene rings is 3. The topological polar surface area (TPSA) is 106 Å². The van der Waals surface area contributed by atoms with Crippen LogP contribution in [0.1, 0.15) is 38.7 Å². The third-order valence-corrected chi connectivity index (χ3v) is 9.93. The van der Waals surface area contributed by atoms with Crippen LogP contribution in [0.25, 0.3) is 0 Å². The Morgan fingerprint density at radius 2 is 1.47 bits per heavy atom. The number of para-hydroxylation sites is 1. The van der Waals surface area contributed by atoms with Crippen molar-refractivity contribution < 1.29 is 23.8 Å². The summed E-state index contributed by atoms with van der Waals surface area (Å²) in [5.41, 5.74) is 4.41. The number of amides is 2. The van der Waals surface area contributed by atoms with E-state index in [1.54, 1.807) is 24.3 Å². The van der Waals surface area contributed by atoms with Crippen LogP contribution in [0.5, 0.6) is 17.2 Å². The zero-order chi connectivity index (χ0) is 34.1. The molecule has 3 aliphatic rings. The lowest BCUT2D eigenvalue weighted by atomic mass is 9.83. The van der Waals surface area contributed by atoms with Gasteiger partial charge in [0.05, 0.1) is 32.7 Å². The molecule has 11 heteroatoms. The van der Waals surface area contributed by atoms with Gasteiger partial charge in [-0.3, -0.25) is 14.4 Å². The minimum atomic E-state index is -0.379. The highest BCUT2D eigenvalue weighted by molar-refractivity contribution is 6.08. The highest BCUT2D eigenvalue weighted by atomic mass is 16.5. The number of carbonyl (C=O) groups excluding carboxylic acids is 2. The predicted octanol–water partition coefficient (Wildman–Crippen LogP) is 4.71. The van der Waals surface area contributed by atoms with Crippen molar-refractivity contribution in [2.45, 2.75) is 18.9 Å². The second-order valence-corrected chi connectivity index (χ2v) is 12.8. The number of nitrogens with zero attached hydrogens (tertiary/aromatic N) is 4. The first kappa shape index (κ1) is 32.1. The zero-order valence-electron chi connectivity index (χ0n) is 28.1. The quantitative estimate of drug-likeness (QED) is 0.289. The van der Waals surface area contributed by atoms with E-state index in [9.17, 15) is 14.4 Å². The van der Waals surface area contributed by atoms with E-state index in [0.29, 0.717) is 60.2 Å². The summed E-state index contributed by atoms with van der Waals surface area (Å²) < 4.78 is 18.4. The number of anilines is 3. The van der Waals surface area contributed by atoms with Gasteiger partial charge in [0.15, 0.2) is 11.5 Å². The van der Waals surface area contributed by atoms with Crippen LogP contribution < -0.4 is 34.9 Å². The molecular weight excluding hydrogens is 622 g/mol. The average molecular weight is 664 g/mol. The molecule has 0 radical (unpaired) electrons. The molecule has 3 aromatic carbocycles. The fourth-order valence-electron chi connectivity index (χ4n) is 7.53. The van der Waals surface area contributed by atoms with Gasteiger partial charge in [-0.15, -0.1) is 0 Å². The van der Waals surface area contributed by atoms with Crippen LogP contribution in [-0.4, -0.2) is 81.9 Å². The molecule has 4 heterocycles. The Hall–Kier alpha value is -5.45. The summed E-state index contributed by atoms with van der Waals surface area (Å²) in [5.74, 6) is 1.10. The molecule has 1 aromatic heterocycles. The van der Waals surface area contributed by atoms with Crippen molar-refractivity contribution in [2.75, 3.05) is 75.7 Å². The monoisotopic (exact) mass is 663 g/mol. The molecule has 4 aromatic rings. The van der Waals surface area contributed by atoms with Gasteiger partial charge in [-0.05, 0) is 60.9 Å². The SMILES string of the molecule is COc1cc(C(=O)Nc2cc(C(=O)N3CCN(c4ccccc4)CC3)ccc2N2CC3CC(C2)c2cccc(=O)n2C3)cc(OC)c1OC. The van der Waals surface area contributed by atoms with Crippen molar-refractivity contribution >= 4 is 28.9 Å². The number of ether oxygens (including phenoxy) is 3. The summed E-state index contributed by atoms with van der Waals surface area (Å²) >= 11 is 0. The minimum absolute atomic E-state index is 0.0337. The summed E-state index contributed by atoms with van der Waals surface area (Å²) in [7, 11) is 4.52. The molecule has 0 aliphatic carbocycles. The lowest BCUT2D eigenvalue weighted by Crippen LogP contribution is -2.49. The van der Waals surface area contributed by atoms with Gasteiger partial charge < -0.3 is 38.8 Å². The van der Waals surface area contributed by atoms with Gasteiger partial charge in [0.2, 0.25) is 5.75 Å². The lowest BCUT2D eigenvalue weighted by Gasteiger charge is -2.44. The highest BCUT2D eigenvalue weighted by Gasteiger charge is 2.36. The molecule has 2 bridgehead atoms. The number of hydrogen-bond donors (Lipinski definition) is 1. The van der Waals surface area contributed by atoms with E-state index in [-0.39, 0.29) is 29.2 Å². The first-order valence-corrected chi connectivity index (χ1v) is 16.7. The number of piperidine rings is 1. The number of carbonyl (C=O) groups is 2. The summed E-state index contributed by atoms with van der Waals surface area (Å²) in [5, 5.41) is 3.12. The second-order valence-electron chi connectivity index (χ2n) is 12.8. The van der Waals surface area contributed by atoms with Crippen molar-refractivity contribution in [3.8, 4) is 17.2 Å². The molecule has 254 valence electrons. The van der Waals surface area contributed by atoms with Crippen molar-refractivity contribution in [1.29, 1.82) is 0 Å². The van der Waals surface area contributed by atoms with Gasteiger partial charge >= 0.3 is 0 Å². The maximum atomic E-state index is 13.9. The maximum Gasteiger partial charge on any atom is 0.255 e. The molecule has 2 amide bonds. The van der Waals surface area contributed by atoms with Gasteiger partial charge in [0.1, 0.15) is 0 Å². The van der Waals surface area contributed by atoms with Crippen molar-refractivity contribution in [1.82, 2.24) is 9.47 Å². The highest BCUT2D eigenvalue weighted by Crippen LogP contribution is 2.41. The number of fused-ring (bicyclic) bond motifs is 4. The molecule has 2 atom stereocenters. The van der Waals surface area contributed by atoms with Crippen LogP contribution in [0.4, 0.5) is 17.1 Å². The molecule has 2 saturated heterocycles. The van der Waals surface area contributed by atoms with Gasteiger partial charge in [-0.1, -0.05) is 24.3 Å². The molecule has 7 rings (SSSR count). The van der Waals surface area contributed by atoms with Crippen molar-refractivity contribution in [3.63, 3.8) is 0 Å². The van der Waals surface area contributed by atoms with Gasteiger partial charge in [0, 0.05) is 80.3 Å². The van der Waals surface area contributed by atoms with E-state index in [0.717, 1.165) is 43.1 Å². The van der Waals surface area contributed by atoms with Crippen LogP contribution >= 0.6 is 0 Å². The zero-order valence-corrected chi connectivity index (χ0v) is 28.1. The number of methoxy groups -OCH3 is 3. The molecule has 11 nitrogen and oxygen atoms in total. The van der Waals surface area contributed by atoms with Crippen LogP contribution in [-0.2, 0) is 6.54 Å². The van der Waals surface area contributed by atoms with Crippen LogP contribution in [0.15, 0.2) is 83.7 Å². The van der Waals surface area contributed by atoms with Crippen molar-refractivity contribution in [3.05, 3.63) is 106 Å². The van der Waals surface area contributed by atoms with E-state index < -0.39 is 0 Å². The van der Waals surface area contributed by atoms with Gasteiger partial charge in [0.25, 0.3) is 17.4 Å². The summed E-state index contributed by atoms with van der Waals surface area (Å²) in [6.45, 7) is 4.72. The Bertz CT molecular complexity index is 1890. The number of rotatable bonds is 8. The molecule has 0 saturated carbocycles. The third-order valence-electron chi connectivity index (χ3n) is 9.93. The first-order valence-electron chi connectivity index (χ1n) is 16.7. The molecule has 49 heavy (non-hydrogen) atoms. The summed E-state index contributed by atoms with van der Waals surface area (Å²) in [4.78, 5) is 46.9. The van der Waals surface area contributed by atoms with Crippen LogP contribution in [0.3, 0.4) is 0 Å². The van der Waals surface area contributed by atoms with Crippen molar-refractivity contribution in [2.24, 2.45) is 5.92 Å². The van der Waals surface area contributed by atoms with E-state index in [2.05, 4.69) is 27.2 Å². The summed E-state index contributed by atoms with van der Waals surface area (Å²) in [6.07, 6.45) is 0.999. The van der Waals surface area contributed by atoms with Gasteiger partial charge in [-0.25, -0.2) is 0 Å². The molecule has 2 unspecified atom stereocenters. The van der Waals surface area contributed by atoms with Crippen LogP contribution in [0.2, 0.25) is 0 Å². The number of piperazine rings is 1. The van der Waals surface area contributed by atoms with Gasteiger partial charge in [-0.2, -0.15) is 0 Å². The Morgan fingerprint density at radius 3 is 2.16 bits per heavy atom. The predicted molar refractivity (Wildman–Crippen MR) is 189 cm³/mol. The Balaban J connectivity index is 1.19. The third kappa shape index (κ3) is 6.28. The fourth-order valence-corrected chi connectivity index (χ4v) is 7.53. The fraction of sp³-hybridized carbons (Fsp3) is 0.342. The number of hydrogen-bond acceptors (Lipinski definition) is 8. The van der Waals surface area contributed by atoms with E-state index in [4.69, 9.17) is 14.2 Å². The molecular formula is C38H41N5O6. The Morgan fingerprint density at radius 1 is 0.735 bits per heavy atom. The smallest absolute Gasteiger partial charge is 0.255 e. The Labute approximate surface area is 285 Å². The largest absolute Gasteiger partial charge is 0.493 e. The number of nitrogens with one attached hydrogen (secondary N) is 1. The lowest BCUT2D eigenvalue weighted by molar-refractivity contribution is 0.0746. The standard InChI is InChI=1S/C38H41N5O6/c1-47-33-20-27(21-34(48-2)36(33)49-3)37(45)39-30-19-26(38(46)41-16-14-40(15-17-41)29-8-5-4-6-9-29)12-13-32(30)42-22-25-18-28(24-42)31-10-7-11-35(44)43(31)23-25/h4-13,19-21,25,28H,14-18,22-24H2,1-3H3,(H,39,45). The van der Waals surface area contributed by atoms with E-state index >= 15 is 0 Å². The number of pyridine rings is 1.